The molecule has 1 aliphatic rings. The minimum absolute atomic E-state index is 0.0196. The fourth-order valence-electron chi connectivity index (χ4n) is 2.76. The van der Waals surface area contributed by atoms with E-state index in [9.17, 15) is 10.2 Å². The predicted molar refractivity (Wildman–Crippen MR) is 80.9 cm³/mol. The fraction of sp³-hybridized carbons (Fsp3) is 0.688. The number of nitrogens with zero attached hydrogens (tertiary/aromatic N) is 2. The van der Waals surface area contributed by atoms with E-state index in [1.807, 2.05) is 12.1 Å². The number of rotatable bonds is 3. The van der Waals surface area contributed by atoms with Crippen LogP contribution in [0.25, 0.3) is 0 Å². The molecular weight excluding hydrogens is 252 g/mol. The largest absolute Gasteiger partial charge is 0.394 e. The Hall–Kier alpha value is -1.13. The average molecular weight is 278 g/mol. The van der Waals surface area contributed by atoms with Crippen molar-refractivity contribution in [1.29, 1.82) is 0 Å². The van der Waals surface area contributed by atoms with Crippen molar-refractivity contribution in [3.05, 3.63) is 23.4 Å². The lowest BCUT2D eigenvalue weighted by molar-refractivity contribution is 0.244. The van der Waals surface area contributed by atoms with Crippen molar-refractivity contribution in [2.45, 2.75) is 52.2 Å². The van der Waals surface area contributed by atoms with E-state index >= 15 is 0 Å². The summed E-state index contributed by atoms with van der Waals surface area (Å²) in [5.41, 5.74) is 1.81. The minimum atomic E-state index is -0.0556. The van der Waals surface area contributed by atoms with E-state index in [1.54, 1.807) is 0 Å². The fourth-order valence-corrected chi connectivity index (χ4v) is 2.76. The maximum absolute atomic E-state index is 9.61. The Morgan fingerprint density at radius 2 is 2.00 bits per heavy atom. The third kappa shape index (κ3) is 2.96. The molecule has 2 atom stereocenters. The molecule has 0 radical (unpaired) electrons. The molecule has 0 aliphatic carbocycles. The molecule has 2 rings (SSSR count). The lowest BCUT2D eigenvalue weighted by Crippen LogP contribution is -2.36. The molecule has 4 heteroatoms. The highest BCUT2D eigenvalue weighted by molar-refractivity contribution is 5.46. The van der Waals surface area contributed by atoms with Crippen LogP contribution in [0.15, 0.2) is 12.1 Å². The molecule has 1 aromatic rings. The van der Waals surface area contributed by atoms with Gasteiger partial charge in [0, 0.05) is 17.7 Å². The first-order valence-electron chi connectivity index (χ1n) is 7.36. The van der Waals surface area contributed by atoms with E-state index in [0.717, 1.165) is 30.0 Å². The quantitative estimate of drug-likeness (QED) is 0.889. The van der Waals surface area contributed by atoms with Crippen molar-refractivity contribution in [3.8, 4) is 0 Å². The van der Waals surface area contributed by atoms with Crippen LogP contribution in [0.4, 0.5) is 5.82 Å². The van der Waals surface area contributed by atoms with Crippen molar-refractivity contribution in [2.75, 3.05) is 18.1 Å². The summed E-state index contributed by atoms with van der Waals surface area (Å²) in [6.07, 6.45) is 1.07. The van der Waals surface area contributed by atoms with Crippen molar-refractivity contribution < 1.29 is 10.2 Å². The summed E-state index contributed by atoms with van der Waals surface area (Å²) in [6, 6.07) is 4.04. The number of aliphatic hydroxyl groups is 2. The molecule has 0 spiro atoms. The van der Waals surface area contributed by atoms with E-state index in [-0.39, 0.29) is 24.7 Å². The van der Waals surface area contributed by atoms with Crippen LogP contribution in [0, 0.1) is 5.92 Å². The second-order valence-electron chi connectivity index (χ2n) is 6.84. The summed E-state index contributed by atoms with van der Waals surface area (Å²) in [7, 11) is 0. The van der Waals surface area contributed by atoms with Crippen molar-refractivity contribution in [1.82, 2.24) is 4.98 Å². The lowest BCUT2D eigenvalue weighted by atomic mass is 9.90. The molecule has 1 fully saturated rings. The van der Waals surface area contributed by atoms with Gasteiger partial charge >= 0.3 is 0 Å². The topological polar surface area (TPSA) is 56.6 Å². The summed E-state index contributed by atoms with van der Waals surface area (Å²) >= 11 is 0. The number of hydrogen-bond donors (Lipinski definition) is 2. The van der Waals surface area contributed by atoms with Crippen molar-refractivity contribution in [3.63, 3.8) is 0 Å². The molecule has 0 saturated carbocycles. The molecule has 1 aliphatic heterocycles. The molecule has 2 N–H and O–H groups in total. The molecule has 0 bridgehead atoms. The number of anilines is 1. The van der Waals surface area contributed by atoms with Crippen LogP contribution in [0.3, 0.4) is 0 Å². The van der Waals surface area contributed by atoms with Gasteiger partial charge in [-0.3, -0.25) is 0 Å². The molecule has 0 amide bonds. The van der Waals surface area contributed by atoms with Crippen LogP contribution in [-0.4, -0.2) is 34.4 Å². The zero-order chi connectivity index (χ0) is 14.9. The number of hydrogen-bond acceptors (Lipinski definition) is 4. The van der Waals surface area contributed by atoms with Gasteiger partial charge in [0.1, 0.15) is 5.82 Å². The monoisotopic (exact) mass is 278 g/mol. The van der Waals surface area contributed by atoms with E-state index in [1.165, 1.54) is 0 Å². The molecule has 112 valence electrons. The highest BCUT2D eigenvalue weighted by atomic mass is 16.3. The zero-order valence-electron chi connectivity index (χ0n) is 12.9. The second kappa shape index (κ2) is 5.70. The van der Waals surface area contributed by atoms with E-state index < -0.39 is 0 Å². The molecule has 4 nitrogen and oxygen atoms in total. The van der Waals surface area contributed by atoms with Crippen molar-refractivity contribution >= 4 is 5.82 Å². The Morgan fingerprint density at radius 1 is 1.30 bits per heavy atom. The molecule has 1 saturated heterocycles. The summed E-state index contributed by atoms with van der Waals surface area (Å²) < 4.78 is 0. The third-order valence-corrected chi connectivity index (χ3v) is 4.19. The molecule has 2 unspecified atom stereocenters. The van der Waals surface area contributed by atoms with E-state index in [4.69, 9.17) is 4.98 Å². The standard InChI is InChI=1S/C16H26N2O2/c1-11-5-6-18(13(11)10-20)15-8-12(9-19)7-14(17-15)16(2,3)4/h7-8,11,13,19-20H,5-6,9-10H2,1-4H3. The molecule has 0 aromatic carbocycles. The number of aliphatic hydroxyl groups excluding tert-OH is 2. The van der Waals surface area contributed by atoms with Gasteiger partial charge in [0.2, 0.25) is 0 Å². The first kappa shape index (κ1) is 15.3. The van der Waals surface area contributed by atoms with E-state index in [0.29, 0.717) is 5.92 Å². The van der Waals surface area contributed by atoms with Crippen LogP contribution in [-0.2, 0) is 12.0 Å². The summed E-state index contributed by atoms with van der Waals surface area (Å²) in [5, 5.41) is 19.1. The minimum Gasteiger partial charge on any atom is -0.394 e. The van der Waals surface area contributed by atoms with Gasteiger partial charge in [-0.25, -0.2) is 4.98 Å². The Kier molecular flexibility index (Phi) is 4.35. The maximum Gasteiger partial charge on any atom is 0.129 e. The number of pyridine rings is 1. The van der Waals surface area contributed by atoms with Gasteiger partial charge in [-0.15, -0.1) is 0 Å². The van der Waals surface area contributed by atoms with Gasteiger partial charge in [-0.1, -0.05) is 27.7 Å². The van der Waals surface area contributed by atoms with Gasteiger partial charge < -0.3 is 15.1 Å². The highest BCUT2D eigenvalue weighted by Gasteiger charge is 2.32. The Balaban J connectivity index is 2.41. The first-order chi connectivity index (χ1) is 9.36. The van der Waals surface area contributed by atoms with Gasteiger partial charge in [0.05, 0.1) is 19.3 Å². The van der Waals surface area contributed by atoms with Gasteiger partial charge in [-0.2, -0.15) is 0 Å². The van der Waals surface area contributed by atoms with Gasteiger partial charge in [0.15, 0.2) is 0 Å². The number of aromatic nitrogens is 1. The molecule has 20 heavy (non-hydrogen) atoms. The van der Waals surface area contributed by atoms with Crippen LogP contribution in [0.2, 0.25) is 0 Å². The Bertz CT molecular complexity index is 468. The predicted octanol–water partition coefficient (Wildman–Crippen LogP) is 2.08. The summed E-state index contributed by atoms with van der Waals surface area (Å²) in [6.45, 7) is 9.62. The van der Waals surface area contributed by atoms with Crippen molar-refractivity contribution in [2.24, 2.45) is 5.92 Å². The second-order valence-corrected chi connectivity index (χ2v) is 6.84. The maximum atomic E-state index is 9.61. The molecule has 1 aromatic heterocycles. The molecule has 2 heterocycles. The van der Waals surface area contributed by atoms with Crippen LogP contribution in [0.5, 0.6) is 0 Å². The first-order valence-corrected chi connectivity index (χ1v) is 7.36. The highest BCUT2D eigenvalue weighted by Crippen LogP contribution is 2.31. The zero-order valence-corrected chi connectivity index (χ0v) is 12.9. The van der Waals surface area contributed by atoms with Crippen LogP contribution < -0.4 is 4.90 Å². The van der Waals surface area contributed by atoms with Crippen LogP contribution >= 0.6 is 0 Å². The lowest BCUT2D eigenvalue weighted by Gasteiger charge is -2.28. The average Bonchev–Trinajstić information content (AvgIpc) is 2.78. The molecular formula is C16H26N2O2. The van der Waals surface area contributed by atoms with Gasteiger partial charge in [0.25, 0.3) is 0 Å². The smallest absolute Gasteiger partial charge is 0.129 e. The van der Waals surface area contributed by atoms with Gasteiger partial charge in [-0.05, 0) is 30.0 Å². The van der Waals surface area contributed by atoms with Crippen LogP contribution in [0.1, 0.15) is 45.4 Å². The summed E-state index contributed by atoms with van der Waals surface area (Å²) in [5.74, 6) is 1.35. The summed E-state index contributed by atoms with van der Waals surface area (Å²) in [4.78, 5) is 6.95. The SMILES string of the molecule is CC1CCN(c2cc(CO)cc(C(C)(C)C)n2)C1CO. The van der Waals surface area contributed by atoms with E-state index in [2.05, 4.69) is 32.6 Å². The third-order valence-electron chi connectivity index (χ3n) is 4.19. The Morgan fingerprint density at radius 3 is 2.55 bits per heavy atom. The Labute approximate surface area is 121 Å². The normalized spacial score (nSPS) is 23.4.